The molecule has 1 rings (SSSR count). The second-order valence-electron chi connectivity index (χ2n) is 5.58. The van der Waals surface area contributed by atoms with Crippen molar-refractivity contribution in [3.63, 3.8) is 0 Å². The maximum absolute atomic E-state index is 12.2. The van der Waals surface area contributed by atoms with Gasteiger partial charge < -0.3 is 15.5 Å². The van der Waals surface area contributed by atoms with Crippen LogP contribution < -0.4 is 10.6 Å². The van der Waals surface area contributed by atoms with E-state index in [0.29, 0.717) is 13.1 Å². The lowest BCUT2D eigenvalue weighted by molar-refractivity contribution is -0.138. The van der Waals surface area contributed by atoms with Crippen molar-refractivity contribution >= 4 is 11.8 Å². The monoisotopic (exact) mass is 283 g/mol. The number of amides is 2. The Morgan fingerprint density at radius 2 is 2.05 bits per heavy atom. The van der Waals surface area contributed by atoms with Crippen molar-refractivity contribution in [1.29, 1.82) is 0 Å². The Labute approximate surface area is 122 Å². The van der Waals surface area contributed by atoms with Crippen molar-refractivity contribution < 1.29 is 9.59 Å². The highest BCUT2D eigenvalue weighted by Crippen LogP contribution is 2.19. The Morgan fingerprint density at radius 1 is 1.30 bits per heavy atom. The van der Waals surface area contributed by atoms with Crippen LogP contribution >= 0.6 is 0 Å². The molecule has 1 aliphatic heterocycles. The molecule has 5 heteroatoms. The van der Waals surface area contributed by atoms with Gasteiger partial charge in [0.2, 0.25) is 11.8 Å². The van der Waals surface area contributed by atoms with Crippen molar-refractivity contribution in [2.45, 2.75) is 40.0 Å². The Bertz CT molecular complexity index is 320. The summed E-state index contributed by atoms with van der Waals surface area (Å²) in [7, 11) is 0. The highest BCUT2D eigenvalue weighted by Gasteiger charge is 2.29. The molecular formula is C15H29N3O2. The van der Waals surface area contributed by atoms with Crippen molar-refractivity contribution in [3.8, 4) is 0 Å². The third-order valence-electron chi connectivity index (χ3n) is 3.99. The molecule has 0 bridgehead atoms. The van der Waals surface area contributed by atoms with Crippen LogP contribution in [0, 0.1) is 11.8 Å². The highest BCUT2D eigenvalue weighted by atomic mass is 16.2. The summed E-state index contributed by atoms with van der Waals surface area (Å²) in [5.41, 5.74) is 0. The number of piperidine rings is 1. The predicted molar refractivity (Wildman–Crippen MR) is 80.3 cm³/mol. The second-order valence-corrected chi connectivity index (χ2v) is 5.58. The minimum Gasteiger partial charge on any atom is -0.355 e. The van der Waals surface area contributed by atoms with Gasteiger partial charge in [0.15, 0.2) is 0 Å². The van der Waals surface area contributed by atoms with Crippen LogP contribution in [0.3, 0.4) is 0 Å². The number of rotatable bonds is 7. The van der Waals surface area contributed by atoms with Gasteiger partial charge in [0.25, 0.3) is 0 Å². The van der Waals surface area contributed by atoms with Crippen LogP contribution in [0.15, 0.2) is 0 Å². The van der Waals surface area contributed by atoms with E-state index in [2.05, 4.69) is 10.6 Å². The summed E-state index contributed by atoms with van der Waals surface area (Å²) in [6.45, 7) is 9.77. The summed E-state index contributed by atoms with van der Waals surface area (Å²) in [6, 6.07) is 0. The molecular weight excluding hydrogens is 254 g/mol. The molecule has 0 saturated carbocycles. The Hall–Kier alpha value is -1.10. The summed E-state index contributed by atoms with van der Waals surface area (Å²) in [6.07, 6.45) is 2.67. The fourth-order valence-electron chi connectivity index (χ4n) is 2.47. The molecule has 0 aromatic heterocycles. The molecule has 2 unspecified atom stereocenters. The predicted octanol–water partition coefficient (Wildman–Crippen LogP) is 0.997. The van der Waals surface area contributed by atoms with E-state index < -0.39 is 0 Å². The molecule has 2 atom stereocenters. The normalized spacial score (nSPS) is 20.6. The molecule has 1 aliphatic rings. The highest BCUT2D eigenvalue weighted by molar-refractivity contribution is 5.82. The molecule has 2 N–H and O–H groups in total. The van der Waals surface area contributed by atoms with Gasteiger partial charge in [0.1, 0.15) is 0 Å². The zero-order valence-electron chi connectivity index (χ0n) is 13.1. The fraction of sp³-hybridized carbons (Fsp3) is 0.867. The number of hydrogen-bond acceptors (Lipinski definition) is 3. The van der Waals surface area contributed by atoms with Gasteiger partial charge in [-0.05, 0) is 25.8 Å². The Kier molecular flexibility index (Phi) is 7.59. The molecule has 0 aromatic rings. The van der Waals surface area contributed by atoms with Crippen molar-refractivity contribution in [3.05, 3.63) is 0 Å². The first-order chi connectivity index (χ1) is 9.60. The molecule has 0 aliphatic carbocycles. The number of carbonyl (C=O) groups is 2. The lowest BCUT2D eigenvalue weighted by atomic mass is 9.95. The average Bonchev–Trinajstić information content (AvgIpc) is 2.49. The largest absolute Gasteiger partial charge is 0.355 e. The van der Waals surface area contributed by atoms with Crippen LogP contribution in [0.5, 0.6) is 0 Å². The molecule has 0 spiro atoms. The number of nitrogens with one attached hydrogen (secondary N) is 2. The first-order valence-corrected chi connectivity index (χ1v) is 7.87. The smallest absolute Gasteiger partial charge is 0.225 e. The van der Waals surface area contributed by atoms with E-state index >= 15 is 0 Å². The summed E-state index contributed by atoms with van der Waals surface area (Å²) < 4.78 is 0. The van der Waals surface area contributed by atoms with E-state index in [4.69, 9.17) is 0 Å². The van der Waals surface area contributed by atoms with Crippen LogP contribution in [-0.2, 0) is 9.59 Å². The van der Waals surface area contributed by atoms with Crippen LogP contribution in [0.4, 0.5) is 0 Å². The van der Waals surface area contributed by atoms with Crippen LogP contribution in [0.25, 0.3) is 0 Å². The van der Waals surface area contributed by atoms with Gasteiger partial charge in [-0.25, -0.2) is 0 Å². The molecule has 0 radical (unpaired) electrons. The van der Waals surface area contributed by atoms with E-state index in [0.717, 1.165) is 38.9 Å². The van der Waals surface area contributed by atoms with Gasteiger partial charge in [0.05, 0.1) is 5.92 Å². The van der Waals surface area contributed by atoms with Gasteiger partial charge in [-0.1, -0.05) is 20.8 Å². The van der Waals surface area contributed by atoms with E-state index in [1.807, 2.05) is 25.7 Å². The van der Waals surface area contributed by atoms with Crippen molar-refractivity contribution in [2.75, 3.05) is 32.7 Å². The molecule has 5 nitrogen and oxygen atoms in total. The van der Waals surface area contributed by atoms with E-state index in [-0.39, 0.29) is 23.7 Å². The summed E-state index contributed by atoms with van der Waals surface area (Å²) in [5, 5.41) is 6.13. The third kappa shape index (κ3) is 5.12. The number of likely N-dealkylation sites (tertiary alicyclic amines) is 1. The quantitative estimate of drug-likeness (QED) is 0.685. The van der Waals surface area contributed by atoms with Gasteiger partial charge in [-0.2, -0.15) is 0 Å². The average molecular weight is 283 g/mol. The van der Waals surface area contributed by atoms with Gasteiger partial charge >= 0.3 is 0 Å². The SMILES string of the molecule is CCNCCNC(=O)C1CCCN(C(=O)C(C)CC)C1. The summed E-state index contributed by atoms with van der Waals surface area (Å²) in [4.78, 5) is 26.1. The maximum Gasteiger partial charge on any atom is 0.225 e. The zero-order chi connectivity index (χ0) is 15.0. The maximum atomic E-state index is 12.2. The molecule has 1 fully saturated rings. The van der Waals surface area contributed by atoms with Gasteiger partial charge in [-0.15, -0.1) is 0 Å². The summed E-state index contributed by atoms with van der Waals surface area (Å²) >= 11 is 0. The van der Waals surface area contributed by atoms with E-state index in [9.17, 15) is 9.59 Å². The van der Waals surface area contributed by atoms with E-state index in [1.165, 1.54) is 0 Å². The number of carbonyl (C=O) groups excluding carboxylic acids is 2. The summed E-state index contributed by atoms with van der Waals surface area (Å²) in [5.74, 6) is 0.297. The lowest BCUT2D eigenvalue weighted by Crippen LogP contribution is -2.47. The first-order valence-electron chi connectivity index (χ1n) is 7.87. The minimum atomic E-state index is -0.0432. The van der Waals surface area contributed by atoms with Crippen molar-refractivity contribution in [1.82, 2.24) is 15.5 Å². The molecule has 2 amide bonds. The molecule has 1 saturated heterocycles. The van der Waals surface area contributed by atoms with Gasteiger partial charge in [0, 0.05) is 32.1 Å². The zero-order valence-corrected chi connectivity index (χ0v) is 13.1. The van der Waals surface area contributed by atoms with Crippen LogP contribution in [0.1, 0.15) is 40.0 Å². The minimum absolute atomic E-state index is 0.0432. The number of likely N-dealkylation sites (N-methyl/N-ethyl adjacent to an activating group) is 1. The van der Waals surface area contributed by atoms with Crippen LogP contribution in [-0.4, -0.2) is 49.4 Å². The van der Waals surface area contributed by atoms with Crippen LogP contribution in [0.2, 0.25) is 0 Å². The van der Waals surface area contributed by atoms with E-state index in [1.54, 1.807) is 0 Å². The lowest BCUT2D eigenvalue weighted by Gasteiger charge is -2.33. The molecule has 1 heterocycles. The first kappa shape index (κ1) is 17.0. The molecule has 20 heavy (non-hydrogen) atoms. The number of hydrogen-bond donors (Lipinski definition) is 2. The second kappa shape index (κ2) is 8.95. The van der Waals surface area contributed by atoms with Gasteiger partial charge in [-0.3, -0.25) is 9.59 Å². The standard InChI is InChI=1S/C15H29N3O2/c1-4-12(3)15(20)18-10-6-7-13(11-18)14(19)17-9-8-16-5-2/h12-13,16H,4-11H2,1-3H3,(H,17,19). The Morgan fingerprint density at radius 3 is 2.70 bits per heavy atom. The Balaban J connectivity index is 2.39. The fourth-order valence-corrected chi connectivity index (χ4v) is 2.47. The van der Waals surface area contributed by atoms with Crippen molar-refractivity contribution in [2.24, 2.45) is 11.8 Å². The number of nitrogens with zero attached hydrogens (tertiary/aromatic N) is 1. The topological polar surface area (TPSA) is 61.4 Å². The molecule has 0 aromatic carbocycles. The molecule has 116 valence electrons. The third-order valence-corrected chi connectivity index (χ3v) is 3.99.